The van der Waals surface area contributed by atoms with Crippen LogP contribution in [0.2, 0.25) is 0 Å². The third kappa shape index (κ3) is 2.75. The fourth-order valence-electron chi connectivity index (χ4n) is 2.25. The van der Waals surface area contributed by atoms with Crippen LogP contribution in [-0.2, 0) is 17.8 Å². The summed E-state index contributed by atoms with van der Waals surface area (Å²) in [5.74, 6) is 0. The lowest BCUT2D eigenvalue weighted by Gasteiger charge is -2.11. The number of fused-ring (bicyclic) bond motifs is 1. The van der Waals surface area contributed by atoms with Crippen molar-refractivity contribution in [3.8, 4) is 0 Å². The van der Waals surface area contributed by atoms with Crippen molar-refractivity contribution in [2.45, 2.75) is 19.1 Å². The van der Waals surface area contributed by atoms with E-state index in [0.29, 0.717) is 13.0 Å². The highest BCUT2D eigenvalue weighted by atomic mass is 32.1. The van der Waals surface area contributed by atoms with Gasteiger partial charge in [0, 0.05) is 31.3 Å². The molecule has 4 nitrogen and oxygen atoms in total. The van der Waals surface area contributed by atoms with Gasteiger partial charge in [-0.1, -0.05) is 24.3 Å². The maximum atomic E-state index is 10.3. The monoisotopic (exact) mass is 288 g/mol. The normalized spacial score (nSPS) is 12.9. The highest BCUT2D eigenvalue weighted by Crippen LogP contribution is 2.21. The lowest BCUT2D eigenvalue weighted by atomic mass is 10.0. The summed E-state index contributed by atoms with van der Waals surface area (Å²) in [5, 5.41) is 12.3. The summed E-state index contributed by atoms with van der Waals surface area (Å²) >= 11 is 1.59. The summed E-state index contributed by atoms with van der Waals surface area (Å²) in [6.07, 6.45) is 3.91. The lowest BCUT2D eigenvalue weighted by molar-refractivity contribution is 0.174. The number of nitrogens with zero attached hydrogens (tertiary/aromatic N) is 2. The van der Waals surface area contributed by atoms with Crippen LogP contribution in [0.3, 0.4) is 0 Å². The molecule has 0 bridgehead atoms. The molecule has 2 aromatic heterocycles. The Morgan fingerprint density at radius 2 is 2.35 bits per heavy atom. The molecule has 0 saturated heterocycles. The van der Waals surface area contributed by atoms with Crippen molar-refractivity contribution in [1.82, 2.24) is 9.38 Å². The summed E-state index contributed by atoms with van der Waals surface area (Å²) in [7, 11) is 1.67. The second-order valence-electron chi connectivity index (χ2n) is 4.72. The summed E-state index contributed by atoms with van der Waals surface area (Å²) in [6.45, 7) is 0.556. The average Bonchev–Trinajstić information content (AvgIpc) is 3.00. The van der Waals surface area contributed by atoms with E-state index in [0.717, 1.165) is 21.8 Å². The smallest absolute Gasteiger partial charge is 0.193 e. The van der Waals surface area contributed by atoms with E-state index in [9.17, 15) is 5.11 Å². The summed E-state index contributed by atoms with van der Waals surface area (Å²) in [6, 6.07) is 7.85. The first-order chi connectivity index (χ1) is 9.76. The molecule has 1 atom stereocenters. The van der Waals surface area contributed by atoms with Crippen molar-refractivity contribution in [1.29, 1.82) is 0 Å². The standard InChI is InChI=1S/C15H16N2O2S/c1-19-10-11-3-2-4-12(7-11)14(18)8-13-9-17-5-6-20-15(17)16-13/h2-7,9,14,18H,8,10H2,1H3. The first kappa shape index (κ1) is 13.3. The van der Waals surface area contributed by atoms with Gasteiger partial charge in [0.2, 0.25) is 0 Å². The van der Waals surface area contributed by atoms with Gasteiger partial charge in [-0.05, 0) is 11.1 Å². The Morgan fingerprint density at radius 3 is 3.15 bits per heavy atom. The van der Waals surface area contributed by atoms with E-state index in [1.165, 1.54) is 0 Å². The van der Waals surface area contributed by atoms with E-state index >= 15 is 0 Å². The quantitative estimate of drug-likeness (QED) is 0.785. The Bertz CT molecular complexity index is 676. The largest absolute Gasteiger partial charge is 0.388 e. The van der Waals surface area contributed by atoms with Gasteiger partial charge in [0.05, 0.1) is 18.4 Å². The van der Waals surface area contributed by atoms with Crippen molar-refractivity contribution in [2.24, 2.45) is 0 Å². The maximum Gasteiger partial charge on any atom is 0.193 e. The number of rotatable bonds is 5. The van der Waals surface area contributed by atoms with E-state index in [1.54, 1.807) is 18.4 Å². The molecule has 3 rings (SSSR count). The number of imidazole rings is 1. The number of hydrogen-bond donors (Lipinski definition) is 1. The van der Waals surface area contributed by atoms with Crippen LogP contribution in [0.4, 0.5) is 0 Å². The van der Waals surface area contributed by atoms with Crippen molar-refractivity contribution in [3.63, 3.8) is 0 Å². The van der Waals surface area contributed by atoms with Gasteiger partial charge in [-0.3, -0.25) is 4.40 Å². The average molecular weight is 288 g/mol. The Hall–Kier alpha value is -1.69. The molecule has 2 heterocycles. The third-order valence-corrected chi connectivity index (χ3v) is 3.96. The van der Waals surface area contributed by atoms with Crippen LogP contribution in [0.15, 0.2) is 42.0 Å². The number of methoxy groups -OCH3 is 1. The van der Waals surface area contributed by atoms with Crippen molar-refractivity contribution >= 4 is 16.3 Å². The Morgan fingerprint density at radius 1 is 1.45 bits per heavy atom. The van der Waals surface area contributed by atoms with Crippen LogP contribution in [0, 0.1) is 0 Å². The zero-order valence-corrected chi connectivity index (χ0v) is 12.0. The Labute approximate surface area is 121 Å². The molecule has 20 heavy (non-hydrogen) atoms. The van der Waals surface area contributed by atoms with Gasteiger partial charge in [-0.2, -0.15) is 0 Å². The molecule has 1 aromatic carbocycles. The number of aliphatic hydroxyl groups is 1. The first-order valence-electron chi connectivity index (χ1n) is 6.43. The summed E-state index contributed by atoms with van der Waals surface area (Å²) in [5.41, 5.74) is 2.87. The van der Waals surface area contributed by atoms with E-state index in [-0.39, 0.29) is 0 Å². The van der Waals surface area contributed by atoms with E-state index in [1.807, 2.05) is 46.4 Å². The van der Waals surface area contributed by atoms with E-state index < -0.39 is 6.10 Å². The zero-order chi connectivity index (χ0) is 13.9. The Balaban J connectivity index is 1.76. The van der Waals surface area contributed by atoms with Gasteiger partial charge >= 0.3 is 0 Å². The fraction of sp³-hybridized carbons (Fsp3) is 0.267. The molecular weight excluding hydrogens is 272 g/mol. The summed E-state index contributed by atoms with van der Waals surface area (Å²) < 4.78 is 7.09. The van der Waals surface area contributed by atoms with Gasteiger partial charge in [0.15, 0.2) is 4.96 Å². The summed E-state index contributed by atoms with van der Waals surface area (Å²) in [4.78, 5) is 5.45. The number of aliphatic hydroxyl groups excluding tert-OH is 1. The van der Waals surface area contributed by atoms with E-state index in [2.05, 4.69) is 4.98 Å². The lowest BCUT2D eigenvalue weighted by Crippen LogP contribution is -2.03. The molecule has 1 N–H and O–H groups in total. The van der Waals surface area contributed by atoms with Crippen molar-refractivity contribution in [3.05, 3.63) is 58.9 Å². The van der Waals surface area contributed by atoms with Crippen LogP contribution in [0.5, 0.6) is 0 Å². The molecule has 0 fully saturated rings. The highest BCUT2D eigenvalue weighted by molar-refractivity contribution is 7.15. The number of benzene rings is 1. The molecule has 5 heteroatoms. The van der Waals surface area contributed by atoms with Gasteiger partial charge in [0.1, 0.15) is 0 Å². The third-order valence-electron chi connectivity index (χ3n) is 3.19. The minimum Gasteiger partial charge on any atom is -0.388 e. The minimum absolute atomic E-state index is 0.519. The van der Waals surface area contributed by atoms with Crippen LogP contribution in [0.1, 0.15) is 22.9 Å². The molecule has 0 saturated carbocycles. The van der Waals surface area contributed by atoms with Gasteiger partial charge in [-0.15, -0.1) is 11.3 Å². The Kier molecular flexibility index (Phi) is 3.82. The van der Waals surface area contributed by atoms with Gasteiger partial charge < -0.3 is 9.84 Å². The van der Waals surface area contributed by atoms with Crippen LogP contribution < -0.4 is 0 Å². The molecule has 0 amide bonds. The van der Waals surface area contributed by atoms with Crippen molar-refractivity contribution < 1.29 is 9.84 Å². The molecule has 3 aromatic rings. The maximum absolute atomic E-state index is 10.3. The van der Waals surface area contributed by atoms with E-state index in [4.69, 9.17) is 4.74 Å². The molecule has 0 radical (unpaired) electrons. The van der Waals surface area contributed by atoms with Crippen molar-refractivity contribution in [2.75, 3.05) is 7.11 Å². The van der Waals surface area contributed by atoms with Crippen LogP contribution >= 0.6 is 11.3 Å². The predicted octanol–water partition coefficient (Wildman–Crippen LogP) is 2.82. The van der Waals surface area contributed by atoms with Crippen LogP contribution in [0.25, 0.3) is 4.96 Å². The van der Waals surface area contributed by atoms with Gasteiger partial charge in [0.25, 0.3) is 0 Å². The van der Waals surface area contributed by atoms with Crippen LogP contribution in [-0.4, -0.2) is 21.6 Å². The number of hydrogen-bond acceptors (Lipinski definition) is 4. The number of aromatic nitrogens is 2. The molecule has 104 valence electrons. The number of thiazole rings is 1. The first-order valence-corrected chi connectivity index (χ1v) is 7.31. The molecular formula is C15H16N2O2S. The predicted molar refractivity (Wildman–Crippen MR) is 78.9 cm³/mol. The molecule has 1 unspecified atom stereocenters. The minimum atomic E-state index is -0.545. The fourth-order valence-corrected chi connectivity index (χ4v) is 2.97. The second kappa shape index (κ2) is 5.75. The molecule has 0 aliphatic carbocycles. The topological polar surface area (TPSA) is 46.8 Å². The molecule has 0 spiro atoms. The number of ether oxygens (including phenoxy) is 1. The zero-order valence-electron chi connectivity index (χ0n) is 11.2. The molecule has 0 aliphatic rings. The van der Waals surface area contributed by atoms with Gasteiger partial charge in [-0.25, -0.2) is 4.98 Å². The SMILES string of the molecule is COCc1cccc(C(O)Cc2cn3ccsc3n2)c1. The second-order valence-corrected chi connectivity index (χ2v) is 5.60. The highest BCUT2D eigenvalue weighted by Gasteiger charge is 2.12. The molecule has 0 aliphatic heterocycles.